The minimum absolute atomic E-state index is 0.270. The van der Waals surface area contributed by atoms with E-state index in [1.54, 1.807) is 7.05 Å². The Morgan fingerprint density at radius 3 is 2.50 bits per heavy atom. The van der Waals surface area contributed by atoms with Crippen LogP contribution in [0.5, 0.6) is 0 Å². The minimum atomic E-state index is -4.45. The predicted octanol–water partition coefficient (Wildman–Crippen LogP) is 2.41. The fourth-order valence-electron chi connectivity index (χ4n) is 2.04. The smallest absolute Gasteiger partial charge is 0.302 e. The Labute approximate surface area is 122 Å². The largest absolute Gasteiger partial charge is 0.417 e. The van der Waals surface area contributed by atoms with E-state index in [4.69, 9.17) is 0 Å². The maximum atomic E-state index is 12.6. The highest BCUT2D eigenvalue weighted by Crippen LogP contribution is 2.30. The lowest BCUT2D eigenvalue weighted by molar-refractivity contribution is -0.137. The average molecular weight is 306 g/mol. The summed E-state index contributed by atoms with van der Waals surface area (Å²) in [6.45, 7) is 0. The summed E-state index contributed by atoms with van der Waals surface area (Å²) >= 11 is 0. The molecule has 0 aromatic carbocycles. The van der Waals surface area contributed by atoms with E-state index in [0.717, 1.165) is 12.3 Å². The van der Waals surface area contributed by atoms with Gasteiger partial charge in [0.15, 0.2) is 0 Å². The molecule has 0 bridgehead atoms. The van der Waals surface area contributed by atoms with E-state index in [1.807, 2.05) is 0 Å². The van der Waals surface area contributed by atoms with E-state index >= 15 is 0 Å². The first-order valence-corrected chi connectivity index (χ1v) is 6.21. The van der Waals surface area contributed by atoms with Crippen LogP contribution >= 0.6 is 0 Å². The molecule has 0 N–H and O–H groups in total. The van der Waals surface area contributed by atoms with Gasteiger partial charge in [0, 0.05) is 31.2 Å². The highest BCUT2D eigenvalue weighted by molar-refractivity contribution is 5.90. The summed E-state index contributed by atoms with van der Waals surface area (Å²) in [5.74, 6) is 0. The minimum Gasteiger partial charge on any atom is -0.302 e. The van der Waals surface area contributed by atoms with Crippen molar-refractivity contribution < 1.29 is 13.2 Å². The topological polar surface area (TPSA) is 60.7 Å². The van der Waals surface area contributed by atoms with E-state index in [0.29, 0.717) is 11.1 Å². The summed E-state index contributed by atoms with van der Waals surface area (Å²) in [5, 5.41) is 0.282. The summed E-state index contributed by atoms with van der Waals surface area (Å²) in [5.41, 5.74) is -0.0966. The van der Waals surface area contributed by atoms with Gasteiger partial charge in [0.2, 0.25) is 0 Å². The van der Waals surface area contributed by atoms with Crippen molar-refractivity contribution in [2.75, 3.05) is 0 Å². The highest BCUT2D eigenvalue weighted by Gasteiger charge is 2.30. The number of pyridine rings is 2. The Morgan fingerprint density at radius 1 is 1.09 bits per heavy atom. The second-order valence-corrected chi connectivity index (χ2v) is 4.67. The number of halogens is 3. The van der Waals surface area contributed by atoms with Crippen LogP contribution in [0.15, 0.2) is 41.8 Å². The molecule has 3 aromatic heterocycles. The molecule has 0 fully saturated rings. The average Bonchev–Trinajstić information content (AvgIpc) is 2.50. The van der Waals surface area contributed by atoms with Crippen molar-refractivity contribution in [3.8, 4) is 11.3 Å². The number of fused-ring (bicyclic) bond motifs is 1. The summed E-state index contributed by atoms with van der Waals surface area (Å²) in [7, 11) is 1.55. The molecule has 0 unspecified atom stereocenters. The maximum Gasteiger partial charge on any atom is 0.417 e. The number of aryl methyl sites for hydroxylation is 1. The Balaban J connectivity index is 2.19. The lowest BCUT2D eigenvalue weighted by Crippen LogP contribution is -2.17. The van der Waals surface area contributed by atoms with Crippen LogP contribution in [0.25, 0.3) is 22.2 Å². The van der Waals surface area contributed by atoms with Gasteiger partial charge in [-0.3, -0.25) is 14.8 Å². The van der Waals surface area contributed by atoms with Gasteiger partial charge >= 0.3 is 6.18 Å². The molecule has 0 saturated heterocycles. The third-order valence-corrected chi connectivity index (χ3v) is 3.20. The molecule has 112 valence electrons. The first-order valence-electron chi connectivity index (χ1n) is 6.21. The molecule has 8 heteroatoms. The van der Waals surface area contributed by atoms with E-state index in [2.05, 4.69) is 15.0 Å². The zero-order valence-corrected chi connectivity index (χ0v) is 11.3. The van der Waals surface area contributed by atoms with Crippen molar-refractivity contribution in [3.05, 3.63) is 53.0 Å². The van der Waals surface area contributed by atoms with Gasteiger partial charge in [-0.25, -0.2) is 4.98 Å². The first-order chi connectivity index (χ1) is 10.4. The zero-order valence-electron chi connectivity index (χ0n) is 11.3. The fourth-order valence-corrected chi connectivity index (χ4v) is 2.04. The summed E-state index contributed by atoms with van der Waals surface area (Å²) in [6, 6.07) is 2.17. The molecule has 0 aliphatic rings. The van der Waals surface area contributed by atoms with Crippen LogP contribution in [0.3, 0.4) is 0 Å². The van der Waals surface area contributed by atoms with Crippen LogP contribution in [0, 0.1) is 0 Å². The van der Waals surface area contributed by atoms with Gasteiger partial charge in [0.05, 0.1) is 28.5 Å². The van der Waals surface area contributed by atoms with Gasteiger partial charge in [-0.15, -0.1) is 0 Å². The second-order valence-electron chi connectivity index (χ2n) is 4.67. The lowest BCUT2D eigenvalue weighted by Gasteiger charge is -2.08. The Hall–Kier alpha value is -2.77. The van der Waals surface area contributed by atoms with Crippen molar-refractivity contribution in [2.45, 2.75) is 6.18 Å². The quantitative estimate of drug-likeness (QED) is 0.692. The van der Waals surface area contributed by atoms with Crippen molar-refractivity contribution in [1.82, 2.24) is 19.5 Å². The van der Waals surface area contributed by atoms with E-state index in [9.17, 15) is 18.0 Å². The van der Waals surface area contributed by atoms with E-state index < -0.39 is 11.7 Å². The van der Waals surface area contributed by atoms with Crippen LogP contribution in [0.2, 0.25) is 0 Å². The molecular weight excluding hydrogens is 297 g/mol. The van der Waals surface area contributed by atoms with Gasteiger partial charge in [0.25, 0.3) is 5.56 Å². The second kappa shape index (κ2) is 4.90. The van der Waals surface area contributed by atoms with Crippen LogP contribution in [-0.4, -0.2) is 19.5 Å². The molecule has 0 amide bonds. The van der Waals surface area contributed by atoms with E-state index in [-0.39, 0.29) is 16.6 Å². The molecule has 3 aromatic rings. The number of rotatable bonds is 1. The summed E-state index contributed by atoms with van der Waals surface area (Å²) in [6.07, 6.45) is 0.437. The monoisotopic (exact) mass is 306 g/mol. The first kappa shape index (κ1) is 14.2. The molecule has 0 radical (unpaired) electrons. The third-order valence-electron chi connectivity index (χ3n) is 3.20. The molecule has 3 rings (SSSR count). The standard InChI is InChI=1S/C14H9F3N4O/c1-21-7-20-12-9(5-18-6-10(12)13(21)22)11-3-2-8(4-19-11)14(15,16)17/h2-7H,1H3. The fraction of sp³-hybridized carbons (Fsp3) is 0.143. The Kier molecular flexibility index (Phi) is 3.16. The van der Waals surface area contributed by atoms with Crippen LogP contribution in [0.1, 0.15) is 5.56 Å². The summed E-state index contributed by atoms with van der Waals surface area (Å²) < 4.78 is 39.0. The van der Waals surface area contributed by atoms with Gasteiger partial charge in [-0.1, -0.05) is 0 Å². The molecule has 0 saturated carbocycles. The number of hydrogen-bond donors (Lipinski definition) is 0. The number of hydrogen-bond acceptors (Lipinski definition) is 4. The van der Waals surface area contributed by atoms with Crippen molar-refractivity contribution in [2.24, 2.45) is 7.05 Å². The van der Waals surface area contributed by atoms with Crippen molar-refractivity contribution in [3.63, 3.8) is 0 Å². The lowest BCUT2D eigenvalue weighted by atomic mass is 10.1. The van der Waals surface area contributed by atoms with Gasteiger partial charge in [-0.05, 0) is 12.1 Å². The SMILES string of the molecule is Cn1cnc2c(-c3ccc(C(F)(F)F)cn3)cncc2c1=O. The summed E-state index contributed by atoms with van der Waals surface area (Å²) in [4.78, 5) is 23.9. The molecule has 3 heterocycles. The van der Waals surface area contributed by atoms with Crippen LogP contribution < -0.4 is 5.56 Å². The van der Waals surface area contributed by atoms with Crippen molar-refractivity contribution >= 4 is 10.9 Å². The van der Waals surface area contributed by atoms with Crippen LogP contribution in [0.4, 0.5) is 13.2 Å². The molecule has 22 heavy (non-hydrogen) atoms. The normalized spacial score (nSPS) is 11.8. The maximum absolute atomic E-state index is 12.6. The highest BCUT2D eigenvalue weighted by atomic mass is 19.4. The van der Waals surface area contributed by atoms with Gasteiger partial charge in [-0.2, -0.15) is 13.2 Å². The number of alkyl halides is 3. The van der Waals surface area contributed by atoms with Gasteiger partial charge in [0.1, 0.15) is 0 Å². The molecule has 5 nitrogen and oxygen atoms in total. The zero-order chi connectivity index (χ0) is 15.9. The predicted molar refractivity (Wildman–Crippen MR) is 73.0 cm³/mol. The van der Waals surface area contributed by atoms with E-state index in [1.165, 1.54) is 29.4 Å². The molecule has 0 aliphatic carbocycles. The Morgan fingerprint density at radius 2 is 1.86 bits per heavy atom. The van der Waals surface area contributed by atoms with Gasteiger partial charge < -0.3 is 4.57 Å². The molecule has 0 atom stereocenters. The van der Waals surface area contributed by atoms with Crippen LogP contribution in [-0.2, 0) is 13.2 Å². The molecule has 0 aliphatic heterocycles. The van der Waals surface area contributed by atoms with Crippen molar-refractivity contribution in [1.29, 1.82) is 0 Å². The molecular formula is C14H9F3N4O. The third kappa shape index (κ3) is 2.32. The molecule has 0 spiro atoms. The Bertz CT molecular complexity index is 901. The number of nitrogens with zero attached hydrogens (tertiary/aromatic N) is 4. The number of aromatic nitrogens is 4.